The zero-order valence-electron chi connectivity index (χ0n) is 7.44. The van der Waals surface area contributed by atoms with Gasteiger partial charge in [-0.1, -0.05) is 11.6 Å². The lowest BCUT2D eigenvalue weighted by atomic mass is 10.3. The number of halogens is 1. The Morgan fingerprint density at radius 3 is 2.87 bits per heavy atom. The molecule has 0 bridgehead atoms. The van der Waals surface area contributed by atoms with E-state index in [9.17, 15) is 0 Å². The van der Waals surface area contributed by atoms with Gasteiger partial charge in [0.25, 0.3) is 0 Å². The Labute approximate surface area is 95.0 Å². The first-order valence-corrected chi connectivity index (χ1v) is 5.18. The first-order chi connectivity index (χ1) is 7.22. The van der Waals surface area contributed by atoms with E-state index in [0.29, 0.717) is 15.6 Å². The molecule has 0 unspecified atom stereocenters. The van der Waals surface area contributed by atoms with Gasteiger partial charge in [-0.25, -0.2) is 9.97 Å². The van der Waals surface area contributed by atoms with Gasteiger partial charge in [0.1, 0.15) is 33.8 Å². The molecule has 0 aromatic carbocycles. The predicted octanol–water partition coefficient (Wildman–Crippen LogP) is 2.31. The minimum Gasteiger partial charge on any atom is -0.382 e. The van der Waals surface area contributed by atoms with Crippen LogP contribution < -0.4 is 5.73 Å². The summed E-state index contributed by atoms with van der Waals surface area (Å²) in [4.78, 5) is 9.22. The molecule has 4 nitrogen and oxygen atoms in total. The maximum absolute atomic E-state index is 8.69. The Kier molecular flexibility index (Phi) is 2.54. The van der Waals surface area contributed by atoms with E-state index >= 15 is 0 Å². The molecule has 15 heavy (non-hydrogen) atoms. The maximum atomic E-state index is 8.69. The van der Waals surface area contributed by atoms with Crippen LogP contribution in [0.2, 0.25) is 5.02 Å². The summed E-state index contributed by atoms with van der Waals surface area (Å²) >= 11 is 7.27. The number of aromatic nitrogens is 2. The molecule has 0 aliphatic carbocycles. The molecule has 0 aliphatic heterocycles. The lowest BCUT2D eigenvalue weighted by molar-refractivity contribution is 1.19. The molecular formula is C9H5ClN4S. The van der Waals surface area contributed by atoms with Gasteiger partial charge in [-0.2, -0.15) is 5.26 Å². The standard InChI is InChI=1S/C9H5ClN4S/c10-7-8(13-4-14-9(7)12)6-2-1-5(3-11)15-6/h1-2,4H,(H2,12,13,14). The molecule has 0 amide bonds. The van der Waals surface area contributed by atoms with Crippen molar-refractivity contribution in [3.63, 3.8) is 0 Å². The van der Waals surface area contributed by atoms with Crippen molar-refractivity contribution in [1.29, 1.82) is 5.26 Å². The minimum atomic E-state index is 0.244. The van der Waals surface area contributed by atoms with Crippen LogP contribution in [-0.2, 0) is 0 Å². The van der Waals surface area contributed by atoms with Crippen molar-refractivity contribution in [1.82, 2.24) is 9.97 Å². The molecule has 2 aromatic heterocycles. The number of nitrogen functional groups attached to an aromatic ring is 1. The number of hydrogen-bond acceptors (Lipinski definition) is 5. The molecule has 0 saturated heterocycles. The highest BCUT2D eigenvalue weighted by Gasteiger charge is 2.10. The van der Waals surface area contributed by atoms with Crippen molar-refractivity contribution in [2.75, 3.05) is 5.73 Å². The molecule has 0 spiro atoms. The highest BCUT2D eigenvalue weighted by atomic mass is 35.5. The molecule has 0 fully saturated rings. The zero-order chi connectivity index (χ0) is 10.8. The van der Waals surface area contributed by atoms with Crippen LogP contribution in [-0.4, -0.2) is 9.97 Å². The topological polar surface area (TPSA) is 75.6 Å². The SMILES string of the molecule is N#Cc1ccc(-c2ncnc(N)c2Cl)s1. The zero-order valence-corrected chi connectivity index (χ0v) is 9.01. The number of anilines is 1. The minimum absolute atomic E-state index is 0.244. The fourth-order valence-electron chi connectivity index (χ4n) is 1.08. The molecule has 6 heteroatoms. The number of nitriles is 1. The van der Waals surface area contributed by atoms with Crippen molar-refractivity contribution >= 4 is 28.8 Å². The van der Waals surface area contributed by atoms with E-state index in [1.165, 1.54) is 17.7 Å². The van der Waals surface area contributed by atoms with Gasteiger partial charge in [0.15, 0.2) is 0 Å². The first-order valence-electron chi connectivity index (χ1n) is 3.98. The average molecular weight is 237 g/mol. The summed E-state index contributed by atoms with van der Waals surface area (Å²) < 4.78 is 0. The van der Waals surface area contributed by atoms with Crippen molar-refractivity contribution in [3.8, 4) is 16.6 Å². The molecule has 0 radical (unpaired) electrons. The van der Waals surface area contributed by atoms with Crippen LogP contribution in [0.5, 0.6) is 0 Å². The third-order valence-electron chi connectivity index (χ3n) is 1.77. The second-order valence-corrected chi connectivity index (χ2v) is 4.16. The molecular weight excluding hydrogens is 232 g/mol. The van der Waals surface area contributed by atoms with E-state index in [1.54, 1.807) is 12.1 Å². The van der Waals surface area contributed by atoms with Crippen LogP contribution in [0.4, 0.5) is 5.82 Å². The van der Waals surface area contributed by atoms with Gasteiger partial charge in [-0.3, -0.25) is 0 Å². The molecule has 2 heterocycles. The summed E-state index contributed by atoms with van der Waals surface area (Å²) in [5.41, 5.74) is 6.12. The summed E-state index contributed by atoms with van der Waals surface area (Å²) in [7, 11) is 0. The van der Waals surface area contributed by atoms with E-state index in [0.717, 1.165) is 4.88 Å². The van der Waals surface area contributed by atoms with Gasteiger partial charge in [-0.15, -0.1) is 11.3 Å². The van der Waals surface area contributed by atoms with Crippen LogP contribution in [0.25, 0.3) is 10.6 Å². The lowest BCUT2D eigenvalue weighted by Gasteiger charge is -2.00. The smallest absolute Gasteiger partial charge is 0.146 e. The Morgan fingerprint density at radius 2 is 2.20 bits per heavy atom. The van der Waals surface area contributed by atoms with Crippen LogP contribution in [0.3, 0.4) is 0 Å². The molecule has 2 N–H and O–H groups in total. The Morgan fingerprint density at radius 1 is 1.40 bits per heavy atom. The molecule has 0 aliphatic rings. The highest BCUT2D eigenvalue weighted by molar-refractivity contribution is 7.16. The van der Waals surface area contributed by atoms with Gasteiger partial charge < -0.3 is 5.73 Å². The second kappa shape index (κ2) is 3.85. The number of thiophene rings is 1. The third kappa shape index (κ3) is 1.77. The van der Waals surface area contributed by atoms with Crippen LogP contribution in [0.15, 0.2) is 18.5 Å². The van der Waals surface area contributed by atoms with Crippen molar-refractivity contribution in [2.45, 2.75) is 0 Å². The van der Waals surface area contributed by atoms with Crippen LogP contribution in [0.1, 0.15) is 4.88 Å². The molecule has 74 valence electrons. The summed E-state index contributed by atoms with van der Waals surface area (Å²) in [5, 5.41) is 9.01. The highest BCUT2D eigenvalue weighted by Crippen LogP contribution is 2.33. The van der Waals surface area contributed by atoms with Gasteiger partial charge in [0, 0.05) is 0 Å². The number of nitrogens with zero attached hydrogens (tertiary/aromatic N) is 3. The van der Waals surface area contributed by atoms with Crippen molar-refractivity contribution < 1.29 is 0 Å². The quantitative estimate of drug-likeness (QED) is 0.824. The number of rotatable bonds is 1. The monoisotopic (exact) mass is 236 g/mol. The average Bonchev–Trinajstić information content (AvgIpc) is 2.70. The summed E-state index contributed by atoms with van der Waals surface area (Å²) in [6.07, 6.45) is 1.35. The summed E-state index contributed by atoms with van der Waals surface area (Å²) in [5.74, 6) is 0.244. The second-order valence-electron chi connectivity index (χ2n) is 2.70. The molecule has 2 rings (SSSR count). The molecule has 2 aromatic rings. The van der Waals surface area contributed by atoms with Gasteiger partial charge >= 0.3 is 0 Å². The van der Waals surface area contributed by atoms with E-state index in [4.69, 9.17) is 22.6 Å². The fourth-order valence-corrected chi connectivity index (χ4v) is 2.14. The predicted molar refractivity (Wildman–Crippen MR) is 59.5 cm³/mol. The molecule has 0 atom stereocenters. The van der Waals surface area contributed by atoms with Crippen molar-refractivity contribution in [2.24, 2.45) is 0 Å². The third-order valence-corrected chi connectivity index (χ3v) is 3.14. The molecule has 0 saturated carbocycles. The van der Waals surface area contributed by atoms with E-state index in [1.807, 2.05) is 0 Å². The van der Waals surface area contributed by atoms with E-state index < -0.39 is 0 Å². The first kappa shape index (κ1) is 9.90. The van der Waals surface area contributed by atoms with Crippen LogP contribution >= 0.6 is 22.9 Å². The largest absolute Gasteiger partial charge is 0.382 e. The lowest BCUT2D eigenvalue weighted by Crippen LogP contribution is -1.94. The van der Waals surface area contributed by atoms with Crippen molar-refractivity contribution in [3.05, 3.63) is 28.4 Å². The van der Waals surface area contributed by atoms with Crippen LogP contribution in [0, 0.1) is 11.3 Å². The Bertz CT molecular complexity index is 543. The summed E-state index contributed by atoms with van der Waals surface area (Å²) in [6.45, 7) is 0. The van der Waals surface area contributed by atoms with Gasteiger partial charge in [-0.05, 0) is 12.1 Å². The van der Waals surface area contributed by atoms with E-state index in [-0.39, 0.29) is 5.82 Å². The van der Waals surface area contributed by atoms with Gasteiger partial charge in [0.2, 0.25) is 0 Å². The fraction of sp³-hybridized carbons (Fsp3) is 0. The normalized spacial score (nSPS) is 9.87. The van der Waals surface area contributed by atoms with Gasteiger partial charge in [0.05, 0.1) is 4.88 Å². The van der Waals surface area contributed by atoms with E-state index in [2.05, 4.69) is 16.0 Å². The Hall–Kier alpha value is -1.64. The number of nitrogens with two attached hydrogens (primary N) is 1. The summed E-state index contributed by atoms with van der Waals surface area (Å²) in [6, 6.07) is 5.56. The maximum Gasteiger partial charge on any atom is 0.146 e. The number of hydrogen-bond donors (Lipinski definition) is 1. The Balaban J connectivity index is 2.55.